The molecule has 2 heterocycles. The Hall–Kier alpha value is -2.70. The van der Waals surface area contributed by atoms with Gasteiger partial charge in [0.05, 0.1) is 11.6 Å². The van der Waals surface area contributed by atoms with Gasteiger partial charge < -0.3 is 9.84 Å². The first-order chi connectivity index (χ1) is 15.0. The number of halogens is 1. The number of hydrogen-bond acceptors (Lipinski definition) is 5. The van der Waals surface area contributed by atoms with Crippen molar-refractivity contribution in [3.63, 3.8) is 0 Å². The van der Waals surface area contributed by atoms with Gasteiger partial charge in [-0.2, -0.15) is 4.98 Å². The molecule has 4 rings (SSSR count). The lowest BCUT2D eigenvalue weighted by Crippen LogP contribution is -2.38. The second-order valence-corrected chi connectivity index (χ2v) is 8.68. The summed E-state index contributed by atoms with van der Waals surface area (Å²) < 4.78 is 5.42. The van der Waals surface area contributed by atoms with Crippen LogP contribution in [0.25, 0.3) is 11.4 Å². The highest BCUT2D eigenvalue weighted by molar-refractivity contribution is 6.33. The molecule has 0 radical (unpaired) electrons. The Bertz CT molecular complexity index is 1040. The zero-order valence-electron chi connectivity index (χ0n) is 17.8. The fourth-order valence-corrected chi connectivity index (χ4v) is 4.18. The van der Waals surface area contributed by atoms with Gasteiger partial charge in [-0.25, -0.2) is 0 Å². The molecule has 2 aromatic carbocycles. The van der Waals surface area contributed by atoms with Crippen LogP contribution in [0.2, 0.25) is 5.02 Å². The molecule has 31 heavy (non-hydrogen) atoms. The second kappa shape index (κ2) is 9.62. The number of piperidine rings is 1. The van der Waals surface area contributed by atoms with Crippen LogP contribution in [0.1, 0.15) is 44.1 Å². The second-order valence-electron chi connectivity index (χ2n) is 8.27. The maximum absolute atomic E-state index is 12.8. The molecular formula is C24H27ClN4O2. The number of likely N-dealkylation sites (tertiary alicyclic amines) is 1. The summed E-state index contributed by atoms with van der Waals surface area (Å²) in [5.41, 5.74) is 2.85. The monoisotopic (exact) mass is 438 g/mol. The van der Waals surface area contributed by atoms with Crippen LogP contribution in [0.15, 0.2) is 53.1 Å². The predicted molar refractivity (Wildman–Crippen MR) is 122 cm³/mol. The molecule has 1 aliphatic heterocycles. The maximum atomic E-state index is 12.8. The molecule has 0 spiro atoms. The quantitative estimate of drug-likeness (QED) is 0.560. The van der Waals surface area contributed by atoms with E-state index >= 15 is 0 Å². The largest absolute Gasteiger partial charge is 0.338 e. The topological polar surface area (TPSA) is 71.3 Å². The van der Waals surface area contributed by atoms with E-state index in [1.54, 1.807) is 0 Å². The summed E-state index contributed by atoms with van der Waals surface area (Å²) in [4.78, 5) is 19.6. The Morgan fingerprint density at radius 3 is 2.61 bits per heavy atom. The van der Waals surface area contributed by atoms with Gasteiger partial charge in [-0.05, 0) is 55.6 Å². The number of nitrogens with one attached hydrogen (secondary N) is 1. The molecule has 1 N–H and O–H groups in total. The molecule has 0 aliphatic carbocycles. The molecule has 0 bridgehead atoms. The van der Waals surface area contributed by atoms with Crippen molar-refractivity contribution in [2.45, 2.75) is 39.2 Å². The van der Waals surface area contributed by atoms with E-state index in [1.807, 2.05) is 42.5 Å². The normalized spacial score (nSPS) is 15.4. The minimum atomic E-state index is 0.0119. The summed E-state index contributed by atoms with van der Waals surface area (Å²) in [6.45, 7) is 6.47. The summed E-state index contributed by atoms with van der Waals surface area (Å²) in [6, 6.07) is 15.5. The molecule has 162 valence electrons. The average Bonchev–Trinajstić information content (AvgIpc) is 3.23. The Labute approximate surface area is 187 Å². The van der Waals surface area contributed by atoms with Crippen LogP contribution in [-0.2, 0) is 11.3 Å². The molecule has 6 nitrogen and oxygen atoms in total. The van der Waals surface area contributed by atoms with Crippen LogP contribution in [0, 0.1) is 5.92 Å². The van der Waals surface area contributed by atoms with E-state index in [4.69, 9.17) is 16.1 Å². The van der Waals surface area contributed by atoms with E-state index in [1.165, 1.54) is 5.56 Å². The van der Waals surface area contributed by atoms with E-state index in [9.17, 15) is 4.79 Å². The van der Waals surface area contributed by atoms with Crippen LogP contribution in [0.4, 0.5) is 5.69 Å². The average molecular weight is 439 g/mol. The van der Waals surface area contributed by atoms with Crippen molar-refractivity contribution < 1.29 is 9.32 Å². The third-order valence-corrected chi connectivity index (χ3v) is 6.07. The van der Waals surface area contributed by atoms with Gasteiger partial charge in [0.15, 0.2) is 0 Å². The zero-order valence-corrected chi connectivity index (χ0v) is 18.6. The Kier molecular flexibility index (Phi) is 6.68. The summed E-state index contributed by atoms with van der Waals surface area (Å²) in [5.74, 6) is 1.54. The van der Waals surface area contributed by atoms with Crippen molar-refractivity contribution in [1.82, 2.24) is 15.0 Å². The van der Waals surface area contributed by atoms with Gasteiger partial charge in [0, 0.05) is 17.2 Å². The minimum absolute atomic E-state index is 0.0119. The lowest BCUT2D eigenvalue weighted by Gasteiger charge is -2.30. The number of carbonyl (C=O) groups is 1. The van der Waals surface area contributed by atoms with Gasteiger partial charge >= 0.3 is 0 Å². The van der Waals surface area contributed by atoms with Gasteiger partial charge in [-0.15, -0.1) is 0 Å². The summed E-state index contributed by atoms with van der Waals surface area (Å²) in [6.07, 6.45) is 1.61. The molecule has 7 heteroatoms. The van der Waals surface area contributed by atoms with Crippen molar-refractivity contribution in [3.8, 4) is 11.4 Å². The highest BCUT2D eigenvalue weighted by atomic mass is 35.5. The molecule has 0 saturated carbocycles. The van der Waals surface area contributed by atoms with Crippen molar-refractivity contribution >= 4 is 23.2 Å². The van der Waals surface area contributed by atoms with E-state index in [0.29, 0.717) is 29.2 Å². The van der Waals surface area contributed by atoms with Crippen molar-refractivity contribution in [3.05, 3.63) is 65.0 Å². The fourth-order valence-electron chi connectivity index (χ4n) is 3.96. The first kappa shape index (κ1) is 21.5. The molecule has 1 aliphatic rings. The third-order valence-electron chi connectivity index (χ3n) is 5.74. The number of anilines is 1. The van der Waals surface area contributed by atoms with Crippen molar-refractivity contribution in [2.24, 2.45) is 5.92 Å². The molecule has 1 fully saturated rings. The highest BCUT2D eigenvalue weighted by Crippen LogP contribution is 2.27. The molecule has 0 atom stereocenters. The van der Waals surface area contributed by atoms with E-state index in [-0.39, 0.29) is 11.8 Å². The SMILES string of the molecule is CC(C)c1ccccc1NC(=O)C1CCN(Cc2nc(-c3ccccc3Cl)no2)CC1. The maximum Gasteiger partial charge on any atom is 0.241 e. The Balaban J connectivity index is 1.31. The Morgan fingerprint density at radius 2 is 1.87 bits per heavy atom. The van der Waals surface area contributed by atoms with Gasteiger partial charge in [-0.1, -0.05) is 60.9 Å². The highest BCUT2D eigenvalue weighted by Gasteiger charge is 2.26. The van der Waals surface area contributed by atoms with Crippen LogP contribution < -0.4 is 5.32 Å². The molecule has 1 amide bonds. The standard InChI is InChI=1S/C24H27ClN4O2/c1-16(2)18-7-4-6-10-21(18)26-24(30)17-11-13-29(14-12-17)15-22-27-23(28-31-22)19-8-3-5-9-20(19)25/h3-10,16-17H,11-15H2,1-2H3,(H,26,30). The minimum Gasteiger partial charge on any atom is -0.338 e. The summed E-state index contributed by atoms with van der Waals surface area (Å²) in [5, 5.41) is 7.80. The van der Waals surface area contributed by atoms with Crippen molar-refractivity contribution in [1.29, 1.82) is 0 Å². The molecule has 1 saturated heterocycles. The molecular weight excluding hydrogens is 412 g/mol. The number of aromatic nitrogens is 2. The van der Waals surface area contributed by atoms with E-state index in [0.717, 1.165) is 37.2 Å². The van der Waals surface area contributed by atoms with Gasteiger partial charge in [0.25, 0.3) is 0 Å². The number of nitrogens with zero attached hydrogens (tertiary/aromatic N) is 3. The lowest BCUT2D eigenvalue weighted by molar-refractivity contribution is -0.121. The van der Waals surface area contributed by atoms with Crippen LogP contribution in [-0.4, -0.2) is 34.0 Å². The zero-order chi connectivity index (χ0) is 21.8. The number of amides is 1. The number of benzene rings is 2. The number of carbonyl (C=O) groups excluding carboxylic acids is 1. The molecule has 0 unspecified atom stereocenters. The van der Waals surface area contributed by atoms with Crippen LogP contribution in [0.5, 0.6) is 0 Å². The predicted octanol–water partition coefficient (Wildman–Crippen LogP) is 5.36. The van der Waals surface area contributed by atoms with Crippen LogP contribution in [0.3, 0.4) is 0 Å². The van der Waals surface area contributed by atoms with Gasteiger partial charge in [0.1, 0.15) is 0 Å². The summed E-state index contributed by atoms with van der Waals surface area (Å²) in [7, 11) is 0. The molecule has 1 aromatic heterocycles. The van der Waals surface area contributed by atoms with E-state index in [2.05, 4.69) is 40.3 Å². The first-order valence-electron chi connectivity index (χ1n) is 10.7. The fraction of sp³-hybridized carbons (Fsp3) is 0.375. The number of para-hydroxylation sites is 1. The summed E-state index contributed by atoms with van der Waals surface area (Å²) >= 11 is 6.22. The van der Waals surface area contributed by atoms with E-state index < -0.39 is 0 Å². The lowest BCUT2D eigenvalue weighted by atomic mass is 9.95. The first-order valence-corrected chi connectivity index (χ1v) is 11.1. The van der Waals surface area contributed by atoms with Crippen LogP contribution >= 0.6 is 11.6 Å². The van der Waals surface area contributed by atoms with Gasteiger partial charge in [-0.3, -0.25) is 9.69 Å². The van der Waals surface area contributed by atoms with Crippen molar-refractivity contribution in [2.75, 3.05) is 18.4 Å². The molecule has 3 aromatic rings. The number of hydrogen-bond donors (Lipinski definition) is 1. The number of rotatable bonds is 6. The third kappa shape index (κ3) is 5.14. The Morgan fingerprint density at radius 1 is 1.16 bits per heavy atom. The van der Waals surface area contributed by atoms with Gasteiger partial charge in [0.2, 0.25) is 17.6 Å². The smallest absolute Gasteiger partial charge is 0.241 e.